The molecule has 290 valence electrons. The number of hydrogen-bond donors (Lipinski definition) is 1. The van der Waals surface area contributed by atoms with Crippen molar-refractivity contribution in [2.75, 3.05) is 19.7 Å². The molecule has 3 atom stereocenters. The molecule has 2 fully saturated rings. The van der Waals surface area contributed by atoms with E-state index in [-0.39, 0.29) is 52.2 Å². The van der Waals surface area contributed by atoms with Crippen LogP contribution in [-0.2, 0) is 42.2 Å². The Morgan fingerprint density at radius 3 is 2.05 bits per heavy atom. The molecule has 2 heterocycles. The maximum absolute atomic E-state index is 15.5. The standard InChI is InChI=1S/C39H33F5N4O6.Ni/c40-30-29(31(41)33(43)34(44)32(30)42)25(20-28(49)48-18-19-54-39(48)53)36(38(51)52)46-35(23-12-5-2-6-13-23)24-14-7-8-15-26(24)45-37(50)27-16-9-17-47(27)21-22-10-3-1-4-11-22;/h1-8,10-15,25,27,36H,9,16-21H2,(H2,45,46,50,51,52);/p-1/t25-,27+,36+;/m1./s1. The second kappa shape index (κ2) is 17.8. The summed E-state index contributed by atoms with van der Waals surface area (Å²) in [4.78, 5) is 59.2. The van der Waals surface area contributed by atoms with Gasteiger partial charge in [0.05, 0.1) is 24.2 Å². The topological polar surface area (TPSA) is 131 Å². The van der Waals surface area contributed by atoms with Gasteiger partial charge in [0.15, 0.2) is 29.3 Å². The van der Waals surface area contributed by atoms with Crippen LogP contribution in [-0.4, -0.2) is 76.3 Å². The van der Waals surface area contributed by atoms with Crippen LogP contribution in [0.5, 0.6) is 0 Å². The first kappa shape index (κ1) is 40.7. The molecule has 16 heteroatoms. The summed E-state index contributed by atoms with van der Waals surface area (Å²) < 4.78 is 79.1. The molecule has 0 spiro atoms. The number of nitrogens with zero attached hydrogens (tertiary/aromatic N) is 4. The molecule has 0 radical (unpaired) electrons. The van der Waals surface area contributed by atoms with E-state index in [2.05, 4.69) is 10.3 Å². The number of benzene rings is 4. The summed E-state index contributed by atoms with van der Waals surface area (Å²) in [6.45, 7) is 0.607. The summed E-state index contributed by atoms with van der Waals surface area (Å²) in [5, 5.41) is 15.0. The van der Waals surface area contributed by atoms with E-state index in [0.717, 1.165) is 12.0 Å². The van der Waals surface area contributed by atoms with Crippen LogP contribution in [0.25, 0.3) is 5.32 Å². The van der Waals surface area contributed by atoms with Gasteiger partial charge in [-0.1, -0.05) is 84.9 Å². The van der Waals surface area contributed by atoms with E-state index >= 15 is 8.78 Å². The number of likely N-dealkylation sites (tertiary alicyclic amines) is 1. The van der Waals surface area contributed by atoms with E-state index < -0.39 is 82.9 Å². The molecule has 4 aromatic carbocycles. The van der Waals surface area contributed by atoms with E-state index in [1.54, 1.807) is 30.3 Å². The number of ether oxygens (including phenoxy) is 1. The molecule has 6 rings (SSSR count). The van der Waals surface area contributed by atoms with Crippen molar-refractivity contribution < 1.29 is 67.5 Å². The average Bonchev–Trinajstić information content (AvgIpc) is 3.83. The van der Waals surface area contributed by atoms with Crippen molar-refractivity contribution in [2.45, 2.75) is 43.8 Å². The summed E-state index contributed by atoms with van der Waals surface area (Å²) in [6, 6.07) is 20.5. The SMILES string of the molecule is O=C(O)[C@@H](N=C(c1ccccc1)c1ccccc1[N-]C(=O)[C@@H]1CCCN1Cc1ccccc1)[C@H](CC(=O)N1CCOC1=O)c1c(F)c(F)c(F)c(F)c1F.[Ni]. The van der Waals surface area contributed by atoms with Gasteiger partial charge in [0, 0.05) is 46.5 Å². The molecule has 2 aliphatic rings. The zero-order valence-corrected chi connectivity index (χ0v) is 29.7. The maximum atomic E-state index is 15.5. The molecular formula is C39H32F5N4NiO6-. The number of halogens is 5. The number of carbonyl (C=O) groups is 4. The number of imide groups is 1. The van der Waals surface area contributed by atoms with Gasteiger partial charge in [-0.05, 0) is 30.5 Å². The Bertz CT molecular complexity index is 2080. The van der Waals surface area contributed by atoms with Crippen LogP contribution in [0.1, 0.15) is 47.4 Å². The first-order chi connectivity index (χ1) is 26.0. The van der Waals surface area contributed by atoms with Crippen LogP contribution < -0.4 is 0 Å². The summed E-state index contributed by atoms with van der Waals surface area (Å²) in [5.74, 6) is -17.9. The number of carboxylic acids is 1. The third-order valence-corrected chi connectivity index (χ3v) is 9.29. The van der Waals surface area contributed by atoms with E-state index in [4.69, 9.17) is 4.74 Å². The van der Waals surface area contributed by atoms with Crippen LogP contribution in [0.4, 0.5) is 32.4 Å². The predicted octanol–water partition coefficient (Wildman–Crippen LogP) is 7.02. The number of hydrogen-bond acceptors (Lipinski definition) is 7. The van der Waals surface area contributed by atoms with Gasteiger partial charge in [0.1, 0.15) is 6.61 Å². The van der Waals surface area contributed by atoms with Crippen LogP contribution in [0.15, 0.2) is 89.9 Å². The molecule has 2 aliphatic heterocycles. The fraction of sp³-hybridized carbons (Fsp3) is 0.256. The van der Waals surface area contributed by atoms with Gasteiger partial charge in [-0.15, -0.1) is 5.69 Å². The number of aliphatic carboxylic acids is 1. The first-order valence-electron chi connectivity index (χ1n) is 16.9. The zero-order valence-electron chi connectivity index (χ0n) is 28.7. The second-order valence-electron chi connectivity index (χ2n) is 12.7. The van der Waals surface area contributed by atoms with E-state index in [1.165, 1.54) is 24.3 Å². The first-order valence-corrected chi connectivity index (χ1v) is 16.9. The van der Waals surface area contributed by atoms with Crippen LogP contribution in [0, 0.1) is 29.1 Å². The number of carbonyl (C=O) groups excluding carboxylic acids is 3. The minimum atomic E-state index is -2.49. The van der Waals surface area contributed by atoms with E-state index in [0.29, 0.717) is 24.4 Å². The molecule has 0 unspecified atom stereocenters. The third-order valence-electron chi connectivity index (χ3n) is 9.29. The van der Waals surface area contributed by atoms with Crippen molar-refractivity contribution in [3.8, 4) is 0 Å². The summed E-state index contributed by atoms with van der Waals surface area (Å²) >= 11 is 0. The second-order valence-corrected chi connectivity index (χ2v) is 12.7. The molecule has 0 aromatic heterocycles. The van der Waals surface area contributed by atoms with Crippen molar-refractivity contribution in [3.05, 3.63) is 142 Å². The average molecular weight is 806 g/mol. The minimum Gasteiger partial charge on any atom is -0.625 e. The summed E-state index contributed by atoms with van der Waals surface area (Å²) in [6.07, 6.45) is -1.09. The molecule has 1 N–H and O–H groups in total. The largest absolute Gasteiger partial charge is 0.625 e. The van der Waals surface area contributed by atoms with Gasteiger partial charge in [-0.2, -0.15) is 0 Å². The fourth-order valence-corrected chi connectivity index (χ4v) is 6.67. The molecule has 0 saturated carbocycles. The maximum Gasteiger partial charge on any atom is 0.416 e. The van der Waals surface area contributed by atoms with E-state index in [1.807, 2.05) is 35.2 Å². The Hall–Kier alpha value is -5.47. The number of carboxylic acid groups (broad SMARTS) is 1. The van der Waals surface area contributed by atoms with Crippen molar-refractivity contribution >= 4 is 35.3 Å². The Labute approximate surface area is 321 Å². The molecule has 3 amide bonds. The van der Waals surface area contributed by atoms with Crippen LogP contribution >= 0.6 is 0 Å². The van der Waals surface area contributed by atoms with Crippen molar-refractivity contribution in [2.24, 2.45) is 4.99 Å². The molecule has 2 saturated heterocycles. The monoisotopic (exact) mass is 805 g/mol. The number of cyclic esters (lactones) is 1. The normalized spacial score (nSPS) is 17.0. The quantitative estimate of drug-likeness (QED) is 0.0536. The molecule has 10 nitrogen and oxygen atoms in total. The number of para-hydroxylation sites is 1. The number of aliphatic imine (C=N–C) groups is 1. The van der Waals surface area contributed by atoms with Crippen LogP contribution in [0.3, 0.4) is 0 Å². The Morgan fingerprint density at radius 2 is 1.44 bits per heavy atom. The van der Waals surface area contributed by atoms with E-state index in [9.17, 15) is 37.5 Å². The van der Waals surface area contributed by atoms with Gasteiger partial charge >= 0.3 is 12.1 Å². The van der Waals surface area contributed by atoms with Crippen LogP contribution in [0.2, 0.25) is 0 Å². The fourth-order valence-electron chi connectivity index (χ4n) is 6.67. The van der Waals surface area contributed by atoms with Crippen molar-refractivity contribution in [1.82, 2.24) is 9.80 Å². The molecule has 0 aliphatic carbocycles. The van der Waals surface area contributed by atoms with Gasteiger partial charge in [-0.3, -0.25) is 14.7 Å². The Morgan fingerprint density at radius 1 is 0.836 bits per heavy atom. The molecule has 55 heavy (non-hydrogen) atoms. The number of amides is 3. The molecule has 4 aromatic rings. The Balaban J connectivity index is 0.00000580. The van der Waals surface area contributed by atoms with Gasteiger partial charge in [0.25, 0.3) is 0 Å². The van der Waals surface area contributed by atoms with Crippen molar-refractivity contribution in [3.63, 3.8) is 0 Å². The molecular weight excluding hydrogens is 774 g/mol. The molecule has 0 bridgehead atoms. The summed E-state index contributed by atoms with van der Waals surface area (Å²) in [5.41, 5.74) is -0.394. The van der Waals surface area contributed by atoms with Gasteiger partial charge in [0.2, 0.25) is 11.7 Å². The summed E-state index contributed by atoms with van der Waals surface area (Å²) in [7, 11) is 0. The minimum absolute atomic E-state index is 0. The van der Waals surface area contributed by atoms with Gasteiger partial charge in [-0.25, -0.2) is 36.4 Å². The third kappa shape index (κ3) is 8.76. The smallest absolute Gasteiger partial charge is 0.416 e. The Kier molecular flexibility index (Phi) is 13.2. The predicted molar refractivity (Wildman–Crippen MR) is 184 cm³/mol. The van der Waals surface area contributed by atoms with Crippen molar-refractivity contribution in [1.29, 1.82) is 0 Å². The number of rotatable bonds is 12. The zero-order chi connectivity index (χ0) is 38.5. The van der Waals surface area contributed by atoms with Gasteiger partial charge < -0.3 is 20.0 Å².